The van der Waals surface area contributed by atoms with Gasteiger partial charge in [-0.25, -0.2) is 0 Å². The molecule has 0 unspecified atom stereocenters. The maximum absolute atomic E-state index is 13.2. The van der Waals surface area contributed by atoms with Gasteiger partial charge in [0.2, 0.25) is 11.8 Å². The molecule has 6 nitrogen and oxygen atoms in total. The molecule has 0 bridgehead atoms. The number of amides is 2. The van der Waals surface area contributed by atoms with Crippen LogP contribution in [0.25, 0.3) is 0 Å². The Labute approximate surface area is 203 Å². The molecule has 1 aliphatic rings. The number of hydrogen-bond donors (Lipinski definition) is 1. The lowest BCUT2D eigenvalue weighted by Gasteiger charge is -2.18. The second-order valence-electron chi connectivity index (χ2n) is 7.95. The first kappa shape index (κ1) is 24.3. The van der Waals surface area contributed by atoms with Crippen LogP contribution in [0, 0.1) is 0 Å². The zero-order valence-corrected chi connectivity index (χ0v) is 18.9. The molecule has 1 atom stereocenters. The van der Waals surface area contributed by atoms with Crippen LogP contribution < -0.4 is 15.4 Å². The first-order valence-corrected chi connectivity index (χ1v) is 10.8. The largest absolute Gasteiger partial charge is 0.454 e. The maximum Gasteiger partial charge on any atom is 0.416 e. The van der Waals surface area contributed by atoms with Crippen molar-refractivity contribution in [3.63, 3.8) is 0 Å². The summed E-state index contributed by atoms with van der Waals surface area (Å²) >= 11 is 6.26. The summed E-state index contributed by atoms with van der Waals surface area (Å²) in [4.78, 5) is 29.5. The highest BCUT2D eigenvalue weighted by Crippen LogP contribution is 2.41. The average Bonchev–Trinajstić information content (AvgIpc) is 3.21. The summed E-state index contributed by atoms with van der Waals surface area (Å²) in [5, 5.41) is 0.177. The first-order valence-electron chi connectivity index (χ1n) is 10.4. The molecule has 4 rings (SSSR count). The van der Waals surface area contributed by atoms with Crippen LogP contribution in [0.15, 0.2) is 65.7 Å². The van der Waals surface area contributed by atoms with Gasteiger partial charge in [-0.2, -0.15) is 13.2 Å². The maximum atomic E-state index is 13.2. The standard InChI is InChI=1S/C25H19ClF3N3O3/c1-31-20-8-6-17(25(27,28)29)12-22(20)35-21-10-14(5-7-19(21)26)16-11-23(33)32(13-16)18-4-2-3-15(9-18)24(30)34/h2-10,12,16H,1,11,13H2,(H2,30,34)/t16-/m0/s1. The number of hydrogen-bond acceptors (Lipinski definition) is 4. The van der Waals surface area contributed by atoms with Gasteiger partial charge in [0.25, 0.3) is 0 Å². The molecule has 0 radical (unpaired) electrons. The third-order valence-corrected chi connectivity index (χ3v) is 5.98. The van der Waals surface area contributed by atoms with E-state index in [1.165, 1.54) is 0 Å². The molecule has 0 aliphatic carbocycles. The summed E-state index contributed by atoms with van der Waals surface area (Å²) in [7, 11) is 0. The highest BCUT2D eigenvalue weighted by molar-refractivity contribution is 6.32. The van der Waals surface area contributed by atoms with Crippen molar-refractivity contribution < 1.29 is 27.5 Å². The van der Waals surface area contributed by atoms with E-state index >= 15 is 0 Å². The van der Waals surface area contributed by atoms with Crippen LogP contribution in [0.3, 0.4) is 0 Å². The van der Waals surface area contributed by atoms with E-state index in [-0.39, 0.29) is 46.0 Å². The predicted octanol–water partition coefficient (Wildman–Crippen LogP) is 6.10. The monoisotopic (exact) mass is 501 g/mol. The molecule has 180 valence electrons. The fraction of sp³-hybridized carbons (Fsp3) is 0.160. The van der Waals surface area contributed by atoms with Gasteiger partial charge in [0.05, 0.1) is 10.6 Å². The number of alkyl halides is 3. The van der Waals surface area contributed by atoms with Gasteiger partial charge in [0.15, 0.2) is 5.75 Å². The Hall–Kier alpha value is -3.85. The van der Waals surface area contributed by atoms with Crippen LogP contribution in [0.5, 0.6) is 11.5 Å². The number of benzene rings is 3. The van der Waals surface area contributed by atoms with Crippen LogP contribution in [0.2, 0.25) is 5.02 Å². The molecule has 0 saturated carbocycles. The first-order chi connectivity index (χ1) is 16.6. The molecular formula is C25H19ClF3N3O3. The number of rotatable bonds is 6. The van der Waals surface area contributed by atoms with Crippen molar-refractivity contribution in [3.05, 3.63) is 82.4 Å². The Morgan fingerprint density at radius 1 is 1.11 bits per heavy atom. The van der Waals surface area contributed by atoms with Crippen molar-refractivity contribution in [2.45, 2.75) is 18.5 Å². The second-order valence-corrected chi connectivity index (χ2v) is 8.36. The SMILES string of the molecule is C=Nc1ccc(C(F)(F)F)cc1Oc1cc([C@H]2CC(=O)N(c3cccc(C(N)=O)c3)C2)ccc1Cl. The van der Waals surface area contributed by atoms with E-state index in [2.05, 4.69) is 11.7 Å². The minimum absolute atomic E-state index is 0.120. The quantitative estimate of drug-likeness (QED) is 0.414. The lowest BCUT2D eigenvalue weighted by Crippen LogP contribution is -2.24. The average molecular weight is 502 g/mol. The normalized spacial score (nSPS) is 15.8. The van der Waals surface area contributed by atoms with Gasteiger partial charge >= 0.3 is 6.18 Å². The zero-order chi connectivity index (χ0) is 25.3. The minimum Gasteiger partial charge on any atom is -0.454 e. The van der Waals surface area contributed by atoms with Crippen molar-refractivity contribution in [1.29, 1.82) is 0 Å². The molecule has 1 aliphatic heterocycles. The lowest BCUT2D eigenvalue weighted by atomic mass is 9.98. The van der Waals surface area contributed by atoms with Crippen molar-refractivity contribution in [2.24, 2.45) is 10.7 Å². The summed E-state index contributed by atoms with van der Waals surface area (Å²) in [5.41, 5.74) is 6.11. The van der Waals surface area contributed by atoms with Gasteiger partial charge in [-0.05, 0) is 60.8 Å². The van der Waals surface area contributed by atoms with E-state index in [0.717, 1.165) is 18.2 Å². The third kappa shape index (κ3) is 5.14. The summed E-state index contributed by atoms with van der Waals surface area (Å²) in [6.07, 6.45) is -4.38. The molecule has 0 spiro atoms. The Morgan fingerprint density at radius 3 is 2.57 bits per heavy atom. The van der Waals surface area contributed by atoms with E-state index in [0.29, 0.717) is 17.8 Å². The number of carbonyl (C=O) groups is 2. The molecule has 35 heavy (non-hydrogen) atoms. The van der Waals surface area contributed by atoms with Crippen LogP contribution >= 0.6 is 11.6 Å². The van der Waals surface area contributed by atoms with Crippen molar-refractivity contribution in [1.82, 2.24) is 0 Å². The van der Waals surface area contributed by atoms with Gasteiger partial charge in [-0.1, -0.05) is 23.7 Å². The third-order valence-electron chi connectivity index (χ3n) is 5.67. The number of primary amides is 1. The van der Waals surface area contributed by atoms with Gasteiger partial charge in [0.1, 0.15) is 11.4 Å². The van der Waals surface area contributed by atoms with Crippen molar-refractivity contribution in [2.75, 3.05) is 11.4 Å². The summed E-state index contributed by atoms with van der Waals surface area (Å²) in [6, 6.07) is 14.2. The topological polar surface area (TPSA) is 85.0 Å². The number of nitrogens with two attached hydrogens (primary N) is 1. The van der Waals surface area contributed by atoms with Gasteiger partial charge in [-0.3, -0.25) is 14.6 Å². The highest BCUT2D eigenvalue weighted by Gasteiger charge is 2.33. The van der Waals surface area contributed by atoms with Gasteiger partial charge in [-0.15, -0.1) is 0 Å². The van der Waals surface area contributed by atoms with Crippen LogP contribution in [-0.4, -0.2) is 25.1 Å². The number of nitrogens with zero attached hydrogens (tertiary/aromatic N) is 2. The van der Waals surface area contributed by atoms with Gasteiger partial charge < -0.3 is 15.4 Å². The molecule has 1 heterocycles. The van der Waals surface area contributed by atoms with Crippen molar-refractivity contribution >= 4 is 41.5 Å². The number of carbonyl (C=O) groups excluding carboxylic acids is 2. The number of ether oxygens (including phenoxy) is 1. The lowest BCUT2D eigenvalue weighted by molar-refractivity contribution is -0.137. The molecule has 0 aromatic heterocycles. The molecular weight excluding hydrogens is 483 g/mol. The van der Waals surface area contributed by atoms with E-state index in [9.17, 15) is 22.8 Å². The molecule has 3 aromatic rings. The summed E-state index contributed by atoms with van der Waals surface area (Å²) in [5.74, 6) is -1.02. The molecule has 2 amide bonds. The van der Waals surface area contributed by atoms with E-state index in [4.69, 9.17) is 22.1 Å². The van der Waals surface area contributed by atoms with Crippen molar-refractivity contribution in [3.8, 4) is 11.5 Å². The summed E-state index contributed by atoms with van der Waals surface area (Å²) < 4.78 is 45.3. The Bertz CT molecular complexity index is 1330. The Kier molecular flexibility index (Phi) is 6.53. The van der Waals surface area contributed by atoms with Gasteiger partial charge in [0, 0.05) is 30.1 Å². The molecule has 2 N–H and O–H groups in total. The molecule has 1 saturated heterocycles. The fourth-order valence-corrected chi connectivity index (χ4v) is 4.04. The molecule has 10 heteroatoms. The van der Waals surface area contributed by atoms with Crippen LogP contribution in [0.1, 0.15) is 33.8 Å². The smallest absolute Gasteiger partial charge is 0.416 e. The molecule has 1 fully saturated rings. The molecule has 3 aromatic carbocycles. The zero-order valence-electron chi connectivity index (χ0n) is 18.2. The number of aliphatic imine (C=N–C) groups is 1. The predicted molar refractivity (Wildman–Crippen MR) is 127 cm³/mol. The van der Waals surface area contributed by atoms with E-state index in [1.807, 2.05) is 0 Å². The summed E-state index contributed by atoms with van der Waals surface area (Å²) in [6.45, 7) is 3.70. The number of anilines is 1. The second kappa shape index (κ2) is 9.42. The Morgan fingerprint density at radius 2 is 1.89 bits per heavy atom. The minimum atomic E-state index is -4.57. The highest BCUT2D eigenvalue weighted by atomic mass is 35.5. The van der Waals surface area contributed by atoms with E-state index in [1.54, 1.807) is 47.4 Å². The van der Waals surface area contributed by atoms with Crippen LogP contribution in [0.4, 0.5) is 24.5 Å². The Balaban J connectivity index is 1.61. The fourth-order valence-electron chi connectivity index (χ4n) is 3.88. The van der Waals surface area contributed by atoms with Crippen LogP contribution in [-0.2, 0) is 11.0 Å². The number of halogens is 4. The van der Waals surface area contributed by atoms with E-state index < -0.39 is 17.6 Å².